The van der Waals surface area contributed by atoms with Crippen molar-refractivity contribution >= 4 is 22.5 Å². The van der Waals surface area contributed by atoms with Gasteiger partial charge in [-0.25, -0.2) is 4.39 Å². The molecule has 6 heteroatoms. The number of anilines is 1. The second-order valence-corrected chi connectivity index (χ2v) is 3.67. The molecule has 0 aliphatic carbocycles. The highest BCUT2D eigenvalue weighted by atomic mass is 19.1. The van der Waals surface area contributed by atoms with Gasteiger partial charge in [-0.1, -0.05) is 0 Å². The van der Waals surface area contributed by atoms with Crippen molar-refractivity contribution in [2.45, 2.75) is 13.2 Å². The predicted octanol–water partition coefficient (Wildman–Crippen LogP) is 0.620. The molecule has 0 fully saturated rings. The number of hydrogen-bond donors (Lipinski definition) is 2. The molecule has 2 heterocycles. The molecule has 0 radical (unpaired) electrons. The van der Waals surface area contributed by atoms with E-state index in [1.165, 1.54) is 10.7 Å². The molecule has 2 aromatic rings. The molecule has 1 amide bonds. The summed E-state index contributed by atoms with van der Waals surface area (Å²) in [6.45, 7) is -0.315. The average molecular weight is 221 g/mol. The zero-order chi connectivity index (χ0) is 11.3. The van der Waals surface area contributed by atoms with Gasteiger partial charge in [0, 0.05) is 10.9 Å². The van der Waals surface area contributed by atoms with Crippen molar-refractivity contribution in [2.24, 2.45) is 0 Å². The number of benzene rings is 1. The first-order valence-electron chi connectivity index (χ1n) is 4.78. The summed E-state index contributed by atoms with van der Waals surface area (Å²) in [6, 6.07) is 1.54. The zero-order valence-corrected chi connectivity index (χ0v) is 8.20. The monoisotopic (exact) mass is 221 g/mol. The minimum atomic E-state index is -0.593. The molecule has 2 N–H and O–H groups in total. The van der Waals surface area contributed by atoms with Gasteiger partial charge in [0.25, 0.3) is 0 Å². The number of nitrogens with zero attached hydrogens (tertiary/aromatic N) is 2. The molecule has 1 aliphatic heterocycles. The van der Waals surface area contributed by atoms with E-state index in [9.17, 15) is 9.18 Å². The fourth-order valence-corrected chi connectivity index (χ4v) is 1.96. The third kappa shape index (κ3) is 1.07. The fourth-order valence-electron chi connectivity index (χ4n) is 1.96. The lowest BCUT2D eigenvalue weighted by molar-refractivity contribution is -0.117. The SMILES string of the molecule is O=C1Cn2ncc3cc(CO)c(F)c(c32)N1. The van der Waals surface area contributed by atoms with E-state index in [1.54, 1.807) is 6.20 Å². The Labute approximate surface area is 89.5 Å². The average Bonchev–Trinajstić information content (AvgIpc) is 2.66. The minimum Gasteiger partial charge on any atom is -0.392 e. The number of aliphatic hydroxyl groups excluding tert-OH is 1. The molecule has 82 valence electrons. The van der Waals surface area contributed by atoms with Crippen LogP contribution >= 0.6 is 0 Å². The Kier molecular flexibility index (Phi) is 1.75. The summed E-state index contributed by atoms with van der Waals surface area (Å²) in [5, 5.41) is 16.2. The number of amides is 1. The van der Waals surface area contributed by atoms with Gasteiger partial charge in [-0.2, -0.15) is 5.10 Å². The quantitative estimate of drug-likeness (QED) is 0.741. The van der Waals surface area contributed by atoms with Gasteiger partial charge < -0.3 is 10.4 Å². The van der Waals surface area contributed by atoms with E-state index in [0.29, 0.717) is 10.9 Å². The highest BCUT2D eigenvalue weighted by Crippen LogP contribution is 2.31. The molecular formula is C10H8FN3O2. The molecule has 1 aromatic heterocycles. The summed E-state index contributed by atoms with van der Waals surface area (Å²) < 4.78 is 15.3. The van der Waals surface area contributed by atoms with Crippen LogP contribution < -0.4 is 5.32 Å². The number of hydrogen-bond acceptors (Lipinski definition) is 3. The number of aromatic nitrogens is 2. The van der Waals surface area contributed by atoms with E-state index in [4.69, 9.17) is 5.11 Å². The molecule has 0 saturated heterocycles. The molecule has 3 rings (SSSR count). The molecule has 0 unspecified atom stereocenters. The minimum absolute atomic E-state index is 0.0917. The maximum Gasteiger partial charge on any atom is 0.246 e. The maximum absolute atomic E-state index is 13.9. The molecule has 0 bridgehead atoms. The lowest BCUT2D eigenvalue weighted by atomic mass is 10.1. The van der Waals surface area contributed by atoms with E-state index in [2.05, 4.69) is 10.4 Å². The van der Waals surface area contributed by atoms with E-state index in [0.717, 1.165) is 0 Å². The van der Waals surface area contributed by atoms with Gasteiger partial charge in [-0.15, -0.1) is 0 Å². The van der Waals surface area contributed by atoms with Crippen molar-refractivity contribution < 1.29 is 14.3 Å². The number of nitrogens with one attached hydrogen (secondary N) is 1. The Morgan fingerprint density at radius 1 is 1.62 bits per heavy atom. The van der Waals surface area contributed by atoms with Crippen LogP contribution in [-0.4, -0.2) is 20.8 Å². The highest BCUT2D eigenvalue weighted by Gasteiger charge is 2.23. The first-order valence-corrected chi connectivity index (χ1v) is 4.78. The molecular weight excluding hydrogens is 213 g/mol. The van der Waals surface area contributed by atoms with Crippen LogP contribution in [0.2, 0.25) is 0 Å². The maximum atomic E-state index is 13.9. The fraction of sp³-hybridized carbons (Fsp3) is 0.200. The number of carbonyl (C=O) groups is 1. The van der Waals surface area contributed by atoms with Crippen LogP contribution in [0, 0.1) is 5.82 Å². The van der Waals surface area contributed by atoms with E-state index in [1.807, 2.05) is 0 Å². The van der Waals surface area contributed by atoms with Crippen LogP contribution in [0.25, 0.3) is 10.9 Å². The lowest BCUT2D eigenvalue weighted by Gasteiger charge is -2.17. The lowest BCUT2D eigenvalue weighted by Crippen LogP contribution is -2.25. The van der Waals surface area contributed by atoms with Crippen molar-refractivity contribution in [1.29, 1.82) is 0 Å². The van der Waals surface area contributed by atoms with Gasteiger partial charge in [0.2, 0.25) is 5.91 Å². The largest absolute Gasteiger partial charge is 0.392 e. The zero-order valence-electron chi connectivity index (χ0n) is 8.20. The van der Waals surface area contributed by atoms with E-state index >= 15 is 0 Å². The Balaban J connectivity index is 2.41. The second kappa shape index (κ2) is 3.02. The molecule has 5 nitrogen and oxygen atoms in total. The van der Waals surface area contributed by atoms with Crippen molar-refractivity contribution in [3.05, 3.63) is 23.6 Å². The smallest absolute Gasteiger partial charge is 0.246 e. The van der Waals surface area contributed by atoms with Crippen LogP contribution in [-0.2, 0) is 17.9 Å². The van der Waals surface area contributed by atoms with Crippen molar-refractivity contribution in [3.63, 3.8) is 0 Å². The molecule has 1 aliphatic rings. The van der Waals surface area contributed by atoms with Crippen LogP contribution in [0.4, 0.5) is 10.1 Å². The molecule has 0 atom stereocenters. The Morgan fingerprint density at radius 3 is 3.19 bits per heavy atom. The third-order valence-electron chi connectivity index (χ3n) is 2.66. The van der Waals surface area contributed by atoms with Gasteiger partial charge >= 0.3 is 0 Å². The summed E-state index contributed by atoms with van der Waals surface area (Å²) in [4.78, 5) is 11.3. The van der Waals surface area contributed by atoms with Crippen molar-refractivity contribution in [2.75, 3.05) is 5.32 Å². The Morgan fingerprint density at radius 2 is 2.44 bits per heavy atom. The molecule has 1 aromatic carbocycles. The predicted molar refractivity (Wildman–Crippen MR) is 54.2 cm³/mol. The van der Waals surface area contributed by atoms with Crippen LogP contribution in [0.1, 0.15) is 5.56 Å². The van der Waals surface area contributed by atoms with Gasteiger partial charge in [0.05, 0.1) is 18.3 Å². The number of halogens is 1. The molecule has 0 saturated carbocycles. The standard InChI is InChI=1S/C10H8FN3O2/c11-8-6(4-15)1-5-2-12-14-3-7(16)13-9(8)10(5)14/h1-2,15H,3-4H2,(H,13,16). The summed E-state index contributed by atoms with van der Waals surface area (Å²) in [5.74, 6) is -0.906. The normalized spacial score (nSPS) is 14.2. The summed E-state index contributed by atoms with van der Waals surface area (Å²) >= 11 is 0. The molecule has 0 spiro atoms. The van der Waals surface area contributed by atoms with Crippen molar-refractivity contribution in [1.82, 2.24) is 9.78 Å². The summed E-state index contributed by atoms with van der Waals surface area (Å²) in [6.07, 6.45) is 1.55. The number of carbonyl (C=O) groups excluding carboxylic acids is 1. The van der Waals surface area contributed by atoms with Crippen molar-refractivity contribution in [3.8, 4) is 0 Å². The third-order valence-corrected chi connectivity index (χ3v) is 2.66. The van der Waals surface area contributed by atoms with Crippen LogP contribution in [0.5, 0.6) is 0 Å². The number of aliphatic hydroxyl groups is 1. The first kappa shape index (κ1) is 9.29. The number of rotatable bonds is 1. The first-order chi connectivity index (χ1) is 7.70. The van der Waals surface area contributed by atoms with Crippen LogP contribution in [0.3, 0.4) is 0 Å². The highest BCUT2D eigenvalue weighted by molar-refractivity contribution is 6.04. The second-order valence-electron chi connectivity index (χ2n) is 3.67. The van der Waals surface area contributed by atoms with Crippen LogP contribution in [0.15, 0.2) is 12.3 Å². The van der Waals surface area contributed by atoms with Gasteiger partial charge in [0.1, 0.15) is 12.2 Å². The van der Waals surface area contributed by atoms with E-state index in [-0.39, 0.29) is 23.7 Å². The summed E-state index contributed by atoms with van der Waals surface area (Å²) in [5.41, 5.74) is 0.828. The van der Waals surface area contributed by atoms with Gasteiger partial charge in [0.15, 0.2) is 5.82 Å². The Hall–Kier alpha value is -1.95. The molecule has 16 heavy (non-hydrogen) atoms. The Bertz CT molecular complexity index is 606. The summed E-state index contributed by atoms with van der Waals surface area (Å²) in [7, 11) is 0. The topological polar surface area (TPSA) is 67.2 Å². The van der Waals surface area contributed by atoms with Gasteiger partial charge in [-0.3, -0.25) is 9.48 Å². The van der Waals surface area contributed by atoms with Gasteiger partial charge in [-0.05, 0) is 6.07 Å². The van der Waals surface area contributed by atoms with E-state index < -0.39 is 12.4 Å².